The van der Waals surface area contributed by atoms with Crippen LogP contribution in [0.5, 0.6) is 0 Å². The van der Waals surface area contributed by atoms with Crippen molar-refractivity contribution in [1.29, 1.82) is 0 Å². The lowest BCUT2D eigenvalue weighted by atomic mass is 10.5. The molecule has 0 N–H and O–H groups in total. The fraction of sp³-hybridized carbons (Fsp3) is 0.125. The average Bonchev–Trinajstić information content (AvgIpc) is 2.65. The molecule has 0 radical (unpaired) electrons. The minimum atomic E-state index is 0.835. The van der Waals surface area contributed by atoms with Gasteiger partial charge in [0.2, 0.25) is 0 Å². The fourth-order valence-corrected chi connectivity index (χ4v) is 3.69. The van der Waals surface area contributed by atoms with Crippen LogP contribution >= 0.6 is 50.8 Å². The van der Waals surface area contributed by atoms with Crippen molar-refractivity contribution >= 4 is 50.8 Å². The zero-order valence-corrected chi connectivity index (χ0v) is 11.7. The Morgan fingerprint density at radius 1 is 1.27 bits per heavy atom. The molecule has 0 aromatic carbocycles. The number of rotatable bonds is 3. The SMILES string of the molecule is CSc1nnc(Sc2cccc(Br)n2)s1. The second-order valence-corrected chi connectivity index (χ2v) is 6.55. The van der Waals surface area contributed by atoms with Crippen LogP contribution in [0, 0.1) is 0 Å². The molecule has 3 nitrogen and oxygen atoms in total. The van der Waals surface area contributed by atoms with Gasteiger partial charge in [-0.1, -0.05) is 29.2 Å². The lowest BCUT2D eigenvalue weighted by Crippen LogP contribution is -1.79. The quantitative estimate of drug-likeness (QED) is 0.638. The van der Waals surface area contributed by atoms with Gasteiger partial charge in [0.15, 0.2) is 8.68 Å². The van der Waals surface area contributed by atoms with Crippen LogP contribution in [0.25, 0.3) is 0 Å². The Hall–Kier alpha value is -0.110. The Labute approximate surface area is 108 Å². The van der Waals surface area contributed by atoms with Gasteiger partial charge in [-0.15, -0.1) is 10.2 Å². The molecule has 0 aliphatic carbocycles. The maximum atomic E-state index is 4.32. The third kappa shape index (κ3) is 3.17. The highest BCUT2D eigenvalue weighted by atomic mass is 79.9. The van der Waals surface area contributed by atoms with E-state index < -0.39 is 0 Å². The predicted octanol–water partition coefficient (Wildman–Crippen LogP) is 3.57. The summed E-state index contributed by atoms with van der Waals surface area (Å²) in [7, 11) is 0. The molecule has 0 unspecified atom stereocenters. The van der Waals surface area contributed by atoms with E-state index >= 15 is 0 Å². The van der Waals surface area contributed by atoms with Gasteiger partial charge in [-0.05, 0) is 46.1 Å². The van der Waals surface area contributed by atoms with Crippen LogP contribution in [0.1, 0.15) is 0 Å². The molecular formula is C8H6BrN3S3. The van der Waals surface area contributed by atoms with Crippen LogP contribution in [0.3, 0.4) is 0 Å². The van der Waals surface area contributed by atoms with Gasteiger partial charge >= 0.3 is 0 Å². The molecule has 0 atom stereocenters. The van der Waals surface area contributed by atoms with E-state index in [1.807, 2.05) is 24.5 Å². The molecule has 0 amide bonds. The first-order chi connectivity index (χ1) is 7.28. The molecule has 0 saturated heterocycles. The zero-order chi connectivity index (χ0) is 10.7. The first-order valence-corrected chi connectivity index (χ1v) is 7.61. The van der Waals surface area contributed by atoms with Crippen LogP contribution in [-0.2, 0) is 0 Å². The van der Waals surface area contributed by atoms with Crippen molar-refractivity contribution in [3.63, 3.8) is 0 Å². The molecule has 78 valence electrons. The van der Waals surface area contributed by atoms with Crippen LogP contribution < -0.4 is 0 Å². The minimum absolute atomic E-state index is 0.835. The summed E-state index contributed by atoms with van der Waals surface area (Å²) in [6, 6.07) is 5.81. The van der Waals surface area contributed by atoms with Crippen molar-refractivity contribution in [3.05, 3.63) is 22.8 Å². The van der Waals surface area contributed by atoms with Gasteiger partial charge in [0, 0.05) is 0 Å². The molecule has 0 aliphatic heterocycles. The molecule has 15 heavy (non-hydrogen) atoms. The van der Waals surface area contributed by atoms with E-state index in [4.69, 9.17) is 0 Å². The van der Waals surface area contributed by atoms with Crippen molar-refractivity contribution in [1.82, 2.24) is 15.2 Å². The first kappa shape index (κ1) is 11.4. The van der Waals surface area contributed by atoms with Gasteiger partial charge in [0.05, 0.1) is 0 Å². The second kappa shape index (κ2) is 5.29. The monoisotopic (exact) mass is 319 g/mol. The van der Waals surface area contributed by atoms with Crippen molar-refractivity contribution in [2.24, 2.45) is 0 Å². The van der Waals surface area contributed by atoms with Gasteiger partial charge in [0.1, 0.15) is 9.63 Å². The third-order valence-electron chi connectivity index (χ3n) is 1.44. The topological polar surface area (TPSA) is 38.7 Å². The summed E-state index contributed by atoms with van der Waals surface area (Å²) >= 11 is 8.05. The predicted molar refractivity (Wildman–Crippen MR) is 67.8 cm³/mol. The number of nitrogens with zero attached hydrogens (tertiary/aromatic N) is 3. The molecule has 0 fully saturated rings. The Bertz CT molecular complexity index is 460. The molecule has 2 aromatic rings. The highest BCUT2D eigenvalue weighted by Gasteiger charge is 2.05. The molecule has 2 heterocycles. The summed E-state index contributed by atoms with van der Waals surface area (Å²) in [5, 5.41) is 9.02. The number of aromatic nitrogens is 3. The zero-order valence-electron chi connectivity index (χ0n) is 7.68. The largest absolute Gasteiger partial charge is 0.234 e. The van der Waals surface area contributed by atoms with Crippen LogP contribution in [-0.4, -0.2) is 21.4 Å². The van der Waals surface area contributed by atoms with Crippen molar-refractivity contribution in [2.45, 2.75) is 13.7 Å². The molecule has 0 spiro atoms. The number of hydrogen-bond donors (Lipinski definition) is 0. The molecule has 2 rings (SSSR count). The molecule has 0 saturated carbocycles. The van der Waals surface area contributed by atoms with Crippen molar-refractivity contribution in [2.75, 3.05) is 6.26 Å². The van der Waals surface area contributed by atoms with Crippen LogP contribution in [0.4, 0.5) is 0 Å². The van der Waals surface area contributed by atoms with Gasteiger partial charge in [-0.3, -0.25) is 0 Å². The summed E-state index contributed by atoms with van der Waals surface area (Å²) in [6.45, 7) is 0. The van der Waals surface area contributed by atoms with E-state index in [1.165, 1.54) is 11.8 Å². The highest BCUT2D eigenvalue weighted by Crippen LogP contribution is 2.31. The Morgan fingerprint density at radius 3 is 2.73 bits per heavy atom. The fourth-order valence-electron chi connectivity index (χ4n) is 0.857. The van der Waals surface area contributed by atoms with Crippen molar-refractivity contribution < 1.29 is 0 Å². The Kier molecular flexibility index (Phi) is 4.01. The summed E-state index contributed by atoms with van der Waals surface area (Å²) in [4.78, 5) is 4.32. The maximum absolute atomic E-state index is 4.32. The molecule has 7 heteroatoms. The van der Waals surface area contributed by atoms with Gasteiger partial charge in [-0.2, -0.15) is 0 Å². The normalized spacial score (nSPS) is 10.5. The van der Waals surface area contributed by atoms with Gasteiger partial charge in [0.25, 0.3) is 0 Å². The minimum Gasteiger partial charge on any atom is -0.234 e. The summed E-state index contributed by atoms with van der Waals surface area (Å²) < 4.78 is 2.74. The standard InChI is InChI=1S/C8H6BrN3S3/c1-13-7-11-12-8(15-7)14-6-4-2-3-5(9)10-6/h2-4H,1H3. The molecule has 0 aliphatic rings. The van der Waals surface area contributed by atoms with E-state index in [9.17, 15) is 0 Å². The molecule has 0 bridgehead atoms. The van der Waals surface area contributed by atoms with E-state index in [0.29, 0.717) is 0 Å². The van der Waals surface area contributed by atoms with Crippen LogP contribution in [0.15, 0.2) is 36.5 Å². The first-order valence-electron chi connectivity index (χ1n) is 3.96. The van der Waals surface area contributed by atoms with Gasteiger partial charge < -0.3 is 0 Å². The molecular weight excluding hydrogens is 314 g/mol. The van der Waals surface area contributed by atoms with Crippen LogP contribution in [0.2, 0.25) is 0 Å². The number of thioether (sulfide) groups is 1. The second-order valence-electron chi connectivity index (χ2n) is 2.44. The Morgan fingerprint density at radius 2 is 2.07 bits per heavy atom. The van der Waals surface area contributed by atoms with E-state index in [-0.39, 0.29) is 0 Å². The number of pyridine rings is 1. The third-order valence-corrected chi connectivity index (χ3v) is 4.77. The Balaban J connectivity index is 2.14. The molecule has 2 aromatic heterocycles. The highest BCUT2D eigenvalue weighted by molar-refractivity contribution is 9.10. The average molecular weight is 320 g/mol. The smallest absolute Gasteiger partial charge is 0.181 e. The summed E-state index contributed by atoms with van der Waals surface area (Å²) in [5.41, 5.74) is 0. The van der Waals surface area contributed by atoms with E-state index in [0.717, 1.165) is 18.3 Å². The number of halogens is 1. The lowest BCUT2D eigenvalue weighted by Gasteiger charge is -1.95. The van der Waals surface area contributed by atoms with Crippen molar-refractivity contribution in [3.8, 4) is 0 Å². The van der Waals surface area contributed by atoms with Gasteiger partial charge in [-0.25, -0.2) is 4.98 Å². The van der Waals surface area contributed by atoms with E-state index in [1.54, 1.807) is 23.1 Å². The lowest BCUT2D eigenvalue weighted by molar-refractivity contribution is 0.953. The van der Waals surface area contributed by atoms with E-state index in [2.05, 4.69) is 31.1 Å². The summed E-state index contributed by atoms with van der Waals surface area (Å²) in [5.74, 6) is 0. The maximum Gasteiger partial charge on any atom is 0.181 e. The number of hydrogen-bond acceptors (Lipinski definition) is 6. The summed E-state index contributed by atoms with van der Waals surface area (Å²) in [6.07, 6.45) is 1.99.